The Hall–Kier alpha value is -2.22. The van der Waals surface area contributed by atoms with Crippen molar-refractivity contribution in [2.24, 2.45) is 0 Å². The molecule has 1 amide bonds. The second-order valence-corrected chi connectivity index (χ2v) is 4.79. The number of halogens is 3. The molecule has 1 rings (SSSR count). The van der Waals surface area contributed by atoms with Crippen molar-refractivity contribution in [2.45, 2.75) is 12.6 Å². The van der Waals surface area contributed by atoms with Gasteiger partial charge in [-0.2, -0.15) is 13.2 Å². The van der Waals surface area contributed by atoms with Crippen LogP contribution in [0.15, 0.2) is 24.8 Å². The van der Waals surface area contributed by atoms with Crippen LogP contribution in [0.5, 0.6) is 11.5 Å². The van der Waals surface area contributed by atoms with Crippen LogP contribution in [0.1, 0.15) is 15.9 Å². The van der Waals surface area contributed by atoms with Gasteiger partial charge in [-0.3, -0.25) is 4.79 Å². The molecule has 0 spiro atoms. The third-order valence-corrected chi connectivity index (χ3v) is 2.98. The second kappa shape index (κ2) is 9.17. The molecule has 0 radical (unpaired) electrons. The fourth-order valence-electron chi connectivity index (χ4n) is 2.01. The number of rotatable bonds is 9. The van der Waals surface area contributed by atoms with E-state index in [2.05, 4.69) is 16.6 Å². The van der Waals surface area contributed by atoms with Crippen molar-refractivity contribution in [1.29, 1.82) is 0 Å². The number of methoxy groups -OCH3 is 2. The highest BCUT2D eigenvalue weighted by atomic mass is 19.4. The largest absolute Gasteiger partial charge is 0.493 e. The summed E-state index contributed by atoms with van der Waals surface area (Å²) in [4.78, 5) is 12.1. The Labute approximate surface area is 138 Å². The predicted molar refractivity (Wildman–Crippen MR) is 82.7 cm³/mol. The third-order valence-electron chi connectivity index (χ3n) is 2.98. The highest BCUT2D eigenvalue weighted by molar-refractivity contribution is 5.95. The monoisotopic (exact) mass is 347 g/mol. The number of nitrogens with one attached hydrogen (secondary N) is 1. The summed E-state index contributed by atoms with van der Waals surface area (Å²) in [5.74, 6) is 0.439. The minimum atomic E-state index is -4.38. The topological polar surface area (TPSA) is 56.8 Å². The maximum absolute atomic E-state index is 12.1. The molecule has 0 saturated heterocycles. The van der Waals surface area contributed by atoms with Crippen molar-refractivity contribution in [1.82, 2.24) is 5.32 Å². The lowest BCUT2D eigenvalue weighted by atomic mass is 10.0. The fourth-order valence-corrected chi connectivity index (χ4v) is 2.01. The molecule has 0 aliphatic rings. The number of alkyl halides is 3. The van der Waals surface area contributed by atoms with Gasteiger partial charge in [-0.15, -0.1) is 6.58 Å². The molecule has 1 aromatic rings. The van der Waals surface area contributed by atoms with Crippen molar-refractivity contribution >= 4 is 5.91 Å². The Morgan fingerprint density at radius 2 is 2.00 bits per heavy atom. The lowest BCUT2D eigenvalue weighted by Crippen LogP contribution is -2.29. The van der Waals surface area contributed by atoms with Crippen LogP contribution < -0.4 is 14.8 Å². The predicted octanol–water partition coefficient (Wildman–Crippen LogP) is 2.74. The van der Waals surface area contributed by atoms with Crippen molar-refractivity contribution in [3.05, 3.63) is 35.9 Å². The Balaban J connectivity index is 2.73. The standard InChI is InChI=1S/C16H20F3NO4/c1-4-5-11-8-12(9-13(22-2)14(11)23-3)15(21)20-6-7-24-10-16(17,18)19/h4,8-9H,1,5-7,10H2,2-3H3,(H,20,21). The Kier molecular flexibility index (Phi) is 7.57. The highest BCUT2D eigenvalue weighted by Crippen LogP contribution is 2.33. The normalized spacial score (nSPS) is 11.0. The molecule has 0 aromatic heterocycles. The van der Waals surface area contributed by atoms with E-state index >= 15 is 0 Å². The van der Waals surface area contributed by atoms with Crippen molar-refractivity contribution in [2.75, 3.05) is 34.0 Å². The number of carbonyl (C=O) groups excluding carboxylic acids is 1. The smallest absolute Gasteiger partial charge is 0.411 e. The zero-order chi connectivity index (χ0) is 18.2. The number of ether oxygens (including phenoxy) is 3. The van der Waals surface area contributed by atoms with Crippen LogP contribution in [-0.2, 0) is 11.2 Å². The van der Waals surface area contributed by atoms with Gasteiger partial charge in [0.05, 0.1) is 20.8 Å². The molecule has 0 unspecified atom stereocenters. The van der Waals surface area contributed by atoms with E-state index in [9.17, 15) is 18.0 Å². The van der Waals surface area contributed by atoms with Gasteiger partial charge in [0.25, 0.3) is 5.91 Å². The number of hydrogen-bond acceptors (Lipinski definition) is 4. The number of benzene rings is 1. The summed E-state index contributed by atoms with van der Waals surface area (Å²) in [6.07, 6.45) is -2.26. The zero-order valence-corrected chi connectivity index (χ0v) is 13.5. The average Bonchev–Trinajstić information content (AvgIpc) is 2.52. The van der Waals surface area contributed by atoms with E-state index in [-0.39, 0.29) is 13.2 Å². The molecule has 0 bridgehead atoms. The molecule has 0 aliphatic carbocycles. The average molecular weight is 347 g/mol. The molecule has 0 atom stereocenters. The first-order valence-corrected chi connectivity index (χ1v) is 7.11. The molecule has 0 aliphatic heterocycles. The van der Waals surface area contributed by atoms with Crippen LogP contribution in [-0.4, -0.2) is 46.1 Å². The molecule has 0 fully saturated rings. The lowest BCUT2D eigenvalue weighted by Gasteiger charge is -2.14. The maximum atomic E-state index is 12.1. The Morgan fingerprint density at radius 1 is 1.29 bits per heavy atom. The van der Waals surface area contributed by atoms with Crippen molar-refractivity contribution in [3.8, 4) is 11.5 Å². The zero-order valence-electron chi connectivity index (χ0n) is 13.5. The van der Waals surface area contributed by atoms with Gasteiger partial charge in [-0.1, -0.05) is 6.08 Å². The van der Waals surface area contributed by atoms with Crippen LogP contribution in [0.4, 0.5) is 13.2 Å². The van der Waals surface area contributed by atoms with Crippen LogP contribution in [0.2, 0.25) is 0 Å². The summed E-state index contributed by atoms with van der Waals surface area (Å²) in [5, 5.41) is 2.49. The van der Waals surface area contributed by atoms with Crippen LogP contribution in [0, 0.1) is 0 Å². The van der Waals surface area contributed by atoms with Gasteiger partial charge >= 0.3 is 6.18 Å². The summed E-state index contributed by atoms with van der Waals surface area (Å²) in [5.41, 5.74) is 1.02. The third kappa shape index (κ3) is 6.11. The van der Waals surface area contributed by atoms with E-state index in [4.69, 9.17) is 9.47 Å². The molecule has 0 saturated carbocycles. The molecular weight excluding hydrogens is 327 g/mol. The number of hydrogen-bond donors (Lipinski definition) is 1. The van der Waals surface area contributed by atoms with E-state index in [0.717, 1.165) is 0 Å². The Bertz CT molecular complexity index is 573. The molecule has 8 heteroatoms. The van der Waals surface area contributed by atoms with Crippen LogP contribution in [0.25, 0.3) is 0 Å². The summed E-state index contributed by atoms with van der Waals surface area (Å²) >= 11 is 0. The van der Waals surface area contributed by atoms with Crippen LogP contribution >= 0.6 is 0 Å². The molecule has 1 aromatic carbocycles. The number of allylic oxidation sites excluding steroid dienone is 1. The van der Waals surface area contributed by atoms with E-state index in [1.165, 1.54) is 20.3 Å². The molecule has 134 valence electrons. The second-order valence-electron chi connectivity index (χ2n) is 4.79. The first-order valence-electron chi connectivity index (χ1n) is 7.11. The van der Waals surface area contributed by atoms with Gasteiger partial charge in [0.15, 0.2) is 11.5 Å². The number of amides is 1. The van der Waals surface area contributed by atoms with Gasteiger partial charge in [0.1, 0.15) is 6.61 Å². The molecule has 0 heterocycles. The minimum absolute atomic E-state index is 0.0416. The Morgan fingerprint density at radius 3 is 2.54 bits per heavy atom. The van der Waals surface area contributed by atoms with E-state index in [0.29, 0.717) is 29.0 Å². The quantitative estimate of drug-likeness (QED) is 0.551. The van der Waals surface area contributed by atoms with Gasteiger partial charge in [0, 0.05) is 17.7 Å². The van der Waals surface area contributed by atoms with Gasteiger partial charge in [-0.05, 0) is 18.6 Å². The molecule has 24 heavy (non-hydrogen) atoms. The highest BCUT2D eigenvalue weighted by Gasteiger charge is 2.27. The molecule has 1 N–H and O–H groups in total. The first-order chi connectivity index (χ1) is 11.3. The fraction of sp³-hybridized carbons (Fsp3) is 0.438. The number of carbonyl (C=O) groups is 1. The summed E-state index contributed by atoms with van der Waals surface area (Å²) < 4.78 is 50.7. The summed E-state index contributed by atoms with van der Waals surface area (Å²) in [6, 6.07) is 3.12. The SMILES string of the molecule is C=CCc1cc(C(=O)NCCOCC(F)(F)F)cc(OC)c1OC. The molecular formula is C16H20F3NO4. The summed E-state index contributed by atoms with van der Waals surface area (Å²) in [6.45, 7) is 2.02. The van der Waals surface area contributed by atoms with Gasteiger partial charge < -0.3 is 19.5 Å². The van der Waals surface area contributed by atoms with E-state index < -0.39 is 18.7 Å². The lowest BCUT2D eigenvalue weighted by molar-refractivity contribution is -0.173. The molecule has 5 nitrogen and oxygen atoms in total. The van der Waals surface area contributed by atoms with Crippen molar-refractivity contribution < 1.29 is 32.2 Å². The van der Waals surface area contributed by atoms with Gasteiger partial charge in [-0.25, -0.2) is 0 Å². The van der Waals surface area contributed by atoms with E-state index in [1.807, 2.05) is 0 Å². The van der Waals surface area contributed by atoms with Gasteiger partial charge in [0.2, 0.25) is 0 Å². The minimum Gasteiger partial charge on any atom is -0.493 e. The maximum Gasteiger partial charge on any atom is 0.411 e. The van der Waals surface area contributed by atoms with E-state index in [1.54, 1.807) is 12.1 Å². The van der Waals surface area contributed by atoms with Crippen LogP contribution in [0.3, 0.4) is 0 Å². The van der Waals surface area contributed by atoms with Crippen molar-refractivity contribution in [3.63, 3.8) is 0 Å². The first kappa shape index (κ1) is 19.8. The summed E-state index contributed by atoms with van der Waals surface area (Å²) in [7, 11) is 2.93.